The van der Waals surface area contributed by atoms with Crippen LogP contribution in [0.4, 0.5) is 4.39 Å². The molecule has 7 nitrogen and oxygen atoms in total. The third kappa shape index (κ3) is 5.35. The fourth-order valence-corrected chi connectivity index (χ4v) is 5.08. The van der Waals surface area contributed by atoms with E-state index in [0.717, 1.165) is 5.56 Å². The summed E-state index contributed by atoms with van der Waals surface area (Å²) in [5.41, 5.74) is 0.553. The van der Waals surface area contributed by atoms with Crippen LogP contribution in [0.15, 0.2) is 36.4 Å². The normalized spacial score (nSPS) is 18.1. The number of hydrogen-bond acceptors (Lipinski definition) is 6. The van der Waals surface area contributed by atoms with Gasteiger partial charge in [0.25, 0.3) is 5.91 Å². The zero-order valence-electron chi connectivity index (χ0n) is 19.6. The number of thioether (sulfide) groups is 1. The molecule has 1 N–H and O–H groups in total. The lowest BCUT2D eigenvalue weighted by Gasteiger charge is -2.31. The molecular weight excluding hydrogens is 447 g/mol. The number of nitrogens with zero attached hydrogens (tertiary/aromatic N) is 1. The highest BCUT2D eigenvalue weighted by molar-refractivity contribution is 7.99. The zero-order valence-corrected chi connectivity index (χ0v) is 20.4. The van der Waals surface area contributed by atoms with Gasteiger partial charge in [0, 0.05) is 16.9 Å². The predicted molar refractivity (Wildman–Crippen MR) is 126 cm³/mol. The van der Waals surface area contributed by atoms with Crippen LogP contribution in [0.2, 0.25) is 0 Å². The van der Waals surface area contributed by atoms with Crippen molar-refractivity contribution in [2.75, 3.05) is 27.1 Å². The summed E-state index contributed by atoms with van der Waals surface area (Å²) in [4.78, 5) is 28.5. The molecule has 2 aromatic carbocycles. The molecule has 2 atom stereocenters. The maximum absolute atomic E-state index is 13.8. The molecule has 0 aliphatic carbocycles. The summed E-state index contributed by atoms with van der Waals surface area (Å²) in [6, 6.07) is 8.37. The summed E-state index contributed by atoms with van der Waals surface area (Å²) in [5.74, 6) is 0.445. The van der Waals surface area contributed by atoms with Gasteiger partial charge in [-0.15, -0.1) is 11.8 Å². The minimum atomic E-state index is -0.712. The summed E-state index contributed by atoms with van der Waals surface area (Å²) >= 11 is 1.46. The third-order valence-corrected chi connectivity index (χ3v) is 6.43. The Balaban J connectivity index is 2.06. The molecule has 2 unspecified atom stereocenters. The van der Waals surface area contributed by atoms with E-state index in [2.05, 4.69) is 5.32 Å². The fraction of sp³-hybridized carbons (Fsp3) is 0.417. The number of benzene rings is 2. The van der Waals surface area contributed by atoms with Gasteiger partial charge in [0.15, 0.2) is 11.5 Å². The minimum absolute atomic E-state index is 0.250. The number of carbonyl (C=O) groups is 2. The molecular formula is C24H29FN2O5S. The summed E-state index contributed by atoms with van der Waals surface area (Å²) < 4.78 is 29.7. The summed E-state index contributed by atoms with van der Waals surface area (Å²) in [7, 11) is 4.42. The zero-order chi connectivity index (χ0) is 24.3. The maximum atomic E-state index is 13.8. The second-order valence-electron chi connectivity index (χ2n) is 8.62. The van der Waals surface area contributed by atoms with Crippen molar-refractivity contribution >= 4 is 23.6 Å². The van der Waals surface area contributed by atoms with Gasteiger partial charge in [-0.25, -0.2) is 4.39 Å². The van der Waals surface area contributed by atoms with E-state index < -0.39 is 17.0 Å². The number of nitrogens with one attached hydrogen (secondary N) is 1. The van der Waals surface area contributed by atoms with Gasteiger partial charge >= 0.3 is 0 Å². The molecule has 1 aliphatic heterocycles. The minimum Gasteiger partial charge on any atom is -0.493 e. The Bertz CT molecular complexity index is 998. The topological polar surface area (TPSA) is 77.1 Å². The first-order valence-electron chi connectivity index (χ1n) is 10.4. The second kappa shape index (κ2) is 9.91. The van der Waals surface area contributed by atoms with Crippen LogP contribution in [0.5, 0.6) is 17.2 Å². The highest BCUT2D eigenvalue weighted by atomic mass is 32.2. The van der Waals surface area contributed by atoms with Crippen LogP contribution in [0.3, 0.4) is 0 Å². The van der Waals surface area contributed by atoms with Crippen molar-refractivity contribution < 1.29 is 28.2 Å². The Morgan fingerprint density at radius 1 is 1.03 bits per heavy atom. The lowest BCUT2D eigenvalue weighted by molar-refractivity contribution is -0.126. The van der Waals surface area contributed by atoms with Crippen LogP contribution >= 0.6 is 11.8 Å². The first-order chi connectivity index (χ1) is 15.6. The molecule has 0 spiro atoms. The van der Waals surface area contributed by atoms with E-state index in [9.17, 15) is 14.0 Å². The molecule has 9 heteroatoms. The van der Waals surface area contributed by atoms with Crippen LogP contribution in [0.25, 0.3) is 0 Å². The molecule has 0 bridgehead atoms. The van der Waals surface area contributed by atoms with Gasteiger partial charge in [-0.05, 0) is 50.6 Å². The Labute approximate surface area is 197 Å². The van der Waals surface area contributed by atoms with E-state index in [4.69, 9.17) is 14.2 Å². The fourth-order valence-electron chi connectivity index (χ4n) is 3.65. The Kier molecular flexibility index (Phi) is 7.41. The first-order valence-corrected chi connectivity index (χ1v) is 11.5. The summed E-state index contributed by atoms with van der Waals surface area (Å²) in [5, 5.41) is 2.50. The number of methoxy groups -OCH3 is 3. The van der Waals surface area contributed by atoms with Crippen molar-refractivity contribution in [1.82, 2.24) is 10.2 Å². The number of carbonyl (C=O) groups excluding carboxylic acids is 2. The molecule has 0 aromatic heterocycles. The second-order valence-corrected chi connectivity index (χ2v) is 9.73. The van der Waals surface area contributed by atoms with E-state index in [-0.39, 0.29) is 23.2 Å². The average molecular weight is 477 g/mol. The maximum Gasteiger partial charge on any atom is 0.256 e. The predicted octanol–water partition coefficient (Wildman–Crippen LogP) is 4.02. The van der Waals surface area contributed by atoms with Crippen molar-refractivity contribution in [3.05, 3.63) is 53.3 Å². The molecule has 1 aliphatic rings. The monoisotopic (exact) mass is 476 g/mol. The molecule has 1 heterocycles. The van der Waals surface area contributed by atoms with E-state index in [1.54, 1.807) is 29.2 Å². The number of hydrogen-bond donors (Lipinski definition) is 1. The summed E-state index contributed by atoms with van der Waals surface area (Å²) in [6.45, 7) is 5.65. The molecule has 2 amide bonds. The van der Waals surface area contributed by atoms with Crippen LogP contribution in [0.1, 0.15) is 42.1 Å². The lowest BCUT2D eigenvalue weighted by atomic mass is 10.1. The van der Waals surface area contributed by atoms with E-state index in [0.29, 0.717) is 23.0 Å². The standard InChI is InChI=1S/C24H29FN2O5S/c1-24(2,3)26-21(28)17-13-33-23(14-7-9-16(25)10-8-14)27(17)22(29)15-11-18(30-4)20(32-6)19(12-15)31-5/h7-12,17,23H,13H2,1-6H3,(H,26,28). The number of amides is 2. The van der Waals surface area contributed by atoms with Gasteiger partial charge in [0.05, 0.1) is 21.3 Å². The number of halogens is 1. The molecule has 33 heavy (non-hydrogen) atoms. The molecule has 1 saturated heterocycles. The molecule has 0 saturated carbocycles. The van der Waals surface area contributed by atoms with Crippen molar-refractivity contribution in [2.24, 2.45) is 0 Å². The van der Waals surface area contributed by atoms with Crippen LogP contribution in [0, 0.1) is 5.82 Å². The molecule has 2 aromatic rings. The summed E-state index contributed by atoms with van der Waals surface area (Å²) in [6.07, 6.45) is 0. The van der Waals surface area contributed by atoms with E-state index in [1.807, 2.05) is 20.8 Å². The van der Waals surface area contributed by atoms with Crippen molar-refractivity contribution in [3.63, 3.8) is 0 Å². The van der Waals surface area contributed by atoms with Gasteiger partial charge in [0.2, 0.25) is 11.7 Å². The SMILES string of the molecule is COc1cc(C(=O)N2C(C(=O)NC(C)(C)C)CSC2c2ccc(F)cc2)cc(OC)c1OC. The Morgan fingerprint density at radius 2 is 1.61 bits per heavy atom. The molecule has 3 rings (SSSR count). The molecule has 0 radical (unpaired) electrons. The largest absolute Gasteiger partial charge is 0.493 e. The first kappa shape index (κ1) is 24.7. The van der Waals surface area contributed by atoms with Gasteiger partial charge in [-0.3, -0.25) is 9.59 Å². The van der Waals surface area contributed by atoms with Gasteiger partial charge < -0.3 is 24.4 Å². The molecule has 178 valence electrons. The van der Waals surface area contributed by atoms with Gasteiger partial charge in [-0.2, -0.15) is 0 Å². The van der Waals surface area contributed by atoms with E-state index >= 15 is 0 Å². The van der Waals surface area contributed by atoms with Crippen LogP contribution in [-0.2, 0) is 4.79 Å². The van der Waals surface area contributed by atoms with Gasteiger partial charge in [-0.1, -0.05) is 12.1 Å². The quantitative estimate of drug-likeness (QED) is 0.679. The van der Waals surface area contributed by atoms with Crippen LogP contribution < -0.4 is 19.5 Å². The van der Waals surface area contributed by atoms with Gasteiger partial charge in [0.1, 0.15) is 17.2 Å². The lowest BCUT2D eigenvalue weighted by Crippen LogP contribution is -2.52. The van der Waals surface area contributed by atoms with Crippen molar-refractivity contribution in [2.45, 2.75) is 37.7 Å². The van der Waals surface area contributed by atoms with Crippen molar-refractivity contribution in [1.29, 1.82) is 0 Å². The van der Waals surface area contributed by atoms with E-state index in [1.165, 1.54) is 45.2 Å². The highest BCUT2D eigenvalue weighted by Crippen LogP contribution is 2.44. The highest BCUT2D eigenvalue weighted by Gasteiger charge is 2.43. The Morgan fingerprint density at radius 3 is 2.09 bits per heavy atom. The molecule has 1 fully saturated rings. The smallest absolute Gasteiger partial charge is 0.256 e. The Hall–Kier alpha value is -2.94. The van der Waals surface area contributed by atoms with Crippen LogP contribution in [-0.4, -0.2) is 55.4 Å². The number of rotatable bonds is 6. The third-order valence-electron chi connectivity index (χ3n) is 5.10. The van der Waals surface area contributed by atoms with Crippen molar-refractivity contribution in [3.8, 4) is 17.2 Å². The average Bonchev–Trinajstić information content (AvgIpc) is 3.22. The number of ether oxygens (including phenoxy) is 3.